The van der Waals surface area contributed by atoms with E-state index in [4.69, 9.17) is 9.47 Å². The zero-order valence-corrected chi connectivity index (χ0v) is 17.2. The molecule has 3 N–H and O–H groups in total. The molecule has 0 saturated carbocycles. The smallest absolute Gasteiger partial charge is 0.114 e. The van der Waals surface area contributed by atoms with Crippen molar-refractivity contribution in [1.29, 1.82) is 0 Å². The van der Waals surface area contributed by atoms with Crippen LogP contribution in [0.3, 0.4) is 0 Å². The third-order valence-electron chi connectivity index (χ3n) is 5.21. The van der Waals surface area contributed by atoms with Gasteiger partial charge in [-0.3, -0.25) is 0 Å². The third-order valence-corrected chi connectivity index (χ3v) is 5.21. The zero-order chi connectivity index (χ0) is 19.7. The molecule has 0 radical (unpaired) electrons. The molecule has 4 atom stereocenters. The molecular formula is C22H42O5. The molecule has 5 nitrogen and oxygen atoms in total. The summed E-state index contributed by atoms with van der Waals surface area (Å²) in [5.74, 6) is 0. The molecule has 0 spiro atoms. The molecule has 27 heavy (non-hydrogen) atoms. The second kappa shape index (κ2) is 16.5. The van der Waals surface area contributed by atoms with Gasteiger partial charge in [0, 0.05) is 6.61 Å². The second-order valence-corrected chi connectivity index (χ2v) is 7.68. The molecular weight excluding hydrogens is 344 g/mol. The zero-order valence-electron chi connectivity index (χ0n) is 17.2. The quantitative estimate of drug-likeness (QED) is 0.262. The van der Waals surface area contributed by atoms with Gasteiger partial charge in [0.25, 0.3) is 0 Å². The number of ether oxygens (including phenoxy) is 2. The third kappa shape index (κ3) is 11.2. The lowest BCUT2D eigenvalue weighted by Crippen LogP contribution is -2.42. The van der Waals surface area contributed by atoms with Gasteiger partial charge in [0.15, 0.2) is 0 Å². The number of unbranched alkanes of at least 4 members (excludes halogenated alkanes) is 10. The fourth-order valence-corrected chi connectivity index (χ4v) is 3.44. The van der Waals surface area contributed by atoms with Crippen molar-refractivity contribution < 1.29 is 24.8 Å². The highest BCUT2D eigenvalue weighted by Crippen LogP contribution is 2.20. The molecule has 1 fully saturated rings. The average Bonchev–Trinajstić information content (AvgIpc) is 3.00. The van der Waals surface area contributed by atoms with Crippen LogP contribution in [0.1, 0.15) is 84.0 Å². The highest BCUT2D eigenvalue weighted by Gasteiger charge is 2.40. The number of aliphatic hydroxyl groups is 3. The summed E-state index contributed by atoms with van der Waals surface area (Å²) in [6.45, 7) is 2.66. The van der Waals surface area contributed by atoms with E-state index >= 15 is 0 Å². The van der Waals surface area contributed by atoms with E-state index in [9.17, 15) is 15.3 Å². The Morgan fingerprint density at radius 2 is 1.52 bits per heavy atom. The number of hydrogen-bond donors (Lipinski definition) is 3. The Morgan fingerprint density at radius 3 is 2.07 bits per heavy atom. The van der Waals surface area contributed by atoms with Gasteiger partial charge in [0.05, 0.1) is 13.2 Å². The Kier molecular flexibility index (Phi) is 15.0. The van der Waals surface area contributed by atoms with Crippen molar-refractivity contribution >= 4 is 0 Å². The molecule has 0 bridgehead atoms. The van der Waals surface area contributed by atoms with Gasteiger partial charge in [-0.15, -0.1) is 0 Å². The molecule has 0 aromatic carbocycles. The first kappa shape index (κ1) is 24.6. The molecule has 1 saturated heterocycles. The lowest BCUT2D eigenvalue weighted by atomic mass is 10.1. The van der Waals surface area contributed by atoms with Crippen LogP contribution in [0.4, 0.5) is 0 Å². The van der Waals surface area contributed by atoms with Gasteiger partial charge in [-0.25, -0.2) is 0 Å². The summed E-state index contributed by atoms with van der Waals surface area (Å²) in [5.41, 5.74) is 0. The number of hydrogen-bond acceptors (Lipinski definition) is 5. The Labute approximate surface area is 165 Å². The van der Waals surface area contributed by atoms with E-state index in [-0.39, 0.29) is 13.2 Å². The van der Waals surface area contributed by atoms with Gasteiger partial charge in [-0.2, -0.15) is 0 Å². The van der Waals surface area contributed by atoms with Gasteiger partial charge < -0.3 is 24.8 Å². The molecule has 0 aromatic rings. The van der Waals surface area contributed by atoms with Crippen molar-refractivity contribution in [3.8, 4) is 0 Å². The summed E-state index contributed by atoms with van der Waals surface area (Å²) in [7, 11) is 0. The Balaban J connectivity index is 1.87. The van der Waals surface area contributed by atoms with E-state index in [1.807, 2.05) is 0 Å². The minimum atomic E-state index is -0.977. The first-order valence-corrected chi connectivity index (χ1v) is 11.1. The molecule has 5 heteroatoms. The summed E-state index contributed by atoms with van der Waals surface area (Å²) in [4.78, 5) is 0. The van der Waals surface area contributed by atoms with Crippen molar-refractivity contribution in [1.82, 2.24) is 0 Å². The van der Waals surface area contributed by atoms with Crippen molar-refractivity contribution in [2.45, 2.75) is 108 Å². The first-order chi connectivity index (χ1) is 13.2. The minimum absolute atomic E-state index is 0.0985. The second-order valence-electron chi connectivity index (χ2n) is 7.68. The fraction of sp³-hybridized carbons (Fsp3) is 0.909. The molecule has 0 aromatic heterocycles. The van der Waals surface area contributed by atoms with E-state index in [0.29, 0.717) is 6.61 Å². The molecule has 0 unspecified atom stereocenters. The standard InChI is InChI=1S/C22H42O5/c1-2-3-4-5-6-7-8-9-10-11-12-13-14-15-16-26-20(17-23)22-21(25)19(24)18-27-22/h4-5,19-25H,2-3,6-18H2,1H3/b5-4+/t19-,20+,21-,22-/m1/s1. The van der Waals surface area contributed by atoms with E-state index in [1.54, 1.807) is 0 Å². The fourth-order valence-electron chi connectivity index (χ4n) is 3.44. The largest absolute Gasteiger partial charge is 0.394 e. The normalized spacial score (nSPS) is 24.1. The molecule has 0 amide bonds. The van der Waals surface area contributed by atoms with Crippen LogP contribution in [0, 0.1) is 0 Å². The highest BCUT2D eigenvalue weighted by atomic mass is 16.6. The summed E-state index contributed by atoms with van der Waals surface area (Å²) in [6, 6.07) is 0. The number of rotatable bonds is 17. The van der Waals surface area contributed by atoms with Crippen molar-refractivity contribution in [3.05, 3.63) is 12.2 Å². The number of allylic oxidation sites excluding steroid dienone is 2. The van der Waals surface area contributed by atoms with Gasteiger partial charge in [-0.1, -0.05) is 70.4 Å². The van der Waals surface area contributed by atoms with Crippen molar-refractivity contribution in [3.63, 3.8) is 0 Å². The topological polar surface area (TPSA) is 79.2 Å². The Hall–Kier alpha value is -0.460. The van der Waals surface area contributed by atoms with Crippen LogP contribution < -0.4 is 0 Å². The van der Waals surface area contributed by atoms with Crippen LogP contribution in [0.2, 0.25) is 0 Å². The highest BCUT2D eigenvalue weighted by molar-refractivity contribution is 4.88. The average molecular weight is 387 g/mol. The van der Waals surface area contributed by atoms with E-state index in [0.717, 1.165) is 12.8 Å². The van der Waals surface area contributed by atoms with Crippen LogP contribution in [-0.2, 0) is 9.47 Å². The summed E-state index contributed by atoms with van der Waals surface area (Å²) < 4.78 is 11.0. The molecule has 160 valence electrons. The SMILES string of the molecule is CCC/C=C/CCCCCCCCCCCO[C@@H](CO)[C@H]1OC[C@@H](O)[C@H]1O. The van der Waals surface area contributed by atoms with Gasteiger partial charge in [0.2, 0.25) is 0 Å². The molecule has 1 aliphatic heterocycles. The molecule has 1 aliphatic rings. The minimum Gasteiger partial charge on any atom is -0.394 e. The van der Waals surface area contributed by atoms with Gasteiger partial charge in [-0.05, 0) is 25.7 Å². The van der Waals surface area contributed by atoms with Crippen LogP contribution in [0.15, 0.2) is 12.2 Å². The Morgan fingerprint density at radius 1 is 0.926 bits per heavy atom. The van der Waals surface area contributed by atoms with E-state index in [2.05, 4.69) is 19.1 Å². The van der Waals surface area contributed by atoms with Crippen LogP contribution in [-0.4, -0.2) is 59.6 Å². The van der Waals surface area contributed by atoms with Gasteiger partial charge >= 0.3 is 0 Å². The van der Waals surface area contributed by atoms with Crippen LogP contribution >= 0.6 is 0 Å². The number of aliphatic hydroxyl groups excluding tert-OH is 3. The molecule has 1 rings (SSSR count). The predicted molar refractivity (Wildman–Crippen MR) is 109 cm³/mol. The summed E-state index contributed by atoms with van der Waals surface area (Å²) >= 11 is 0. The summed E-state index contributed by atoms with van der Waals surface area (Å²) in [6.07, 6.45) is 16.5. The molecule has 1 heterocycles. The van der Waals surface area contributed by atoms with E-state index in [1.165, 1.54) is 64.2 Å². The van der Waals surface area contributed by atoms with Crippen LogP contribution in [0.5, 0.6) is 0 Å². The molecule has 0 aliphatic carbocycles. The maximum Gasteiger partial charge on any atom is 0.114 e. The first-order valence-electron chi connectivity index (χ1n) is 11.1. The maximum atomic E-state index is 9.82. The van der Waals surface area contributed by atoms with Crippen LogP contribution in [0.25, 0.3) is 0 Å². The Bertz CT molecular complexity index is 361. The van der Waals surface area contributed by atoms with Crippen molar-refractivity contribution in [2.75, 3.05) is 19.8 Å². The summed E-state index contributed by atoms with van der Waals surface area (Å²) in [5, 5.41) is 28.7. The lowest BCUT2D eigenvalue weighted by molar-refractivity contribution is -0.101. The maximum absolute atomic E-state index is 9.82. The van der Waals surface area contributed by atoms with Crippen molar-refractivity contribution in [2.24, 2.45) is 0 Å². The monoisotopic (exact) mass is 386 g/mol. The predicted octanol–water partition coefficient (Wildman–Crippen LogP) is 3.74. The van der Waals surface area contributed by atoms with E-state index < -0.39 is 24.4 Å². The lowest BCUT2D eigenvalue weighted by Gasteiger charge is -2.24. The van der Waals surface area contributed by atoms with Gasteiger partial charge in [0.1, 0.15) is 24.4 Å².